The maximum Gasteiger partial charge on any atom is 0.128 e. The predicted molar refractivity (Wildman–Crippen MR) is 83.6 cm³/mol. The smallest absolute Gasteiger partial charge is 0.128 e. The van der Waals surface area contributed by atoms with Gasteiger partial charge in [0.15, 0.2) is 0 Å². The Morgan fingerprint density at radius 3 is 2.81 bits per heavy atom. The van der Waals surface area contributed by atoms with E-state index >= 15 is 0 Å². The molecule has 0 spiro atoms. The largest absolute Gasteiger partial charge is 0.381 e. The van der Waals surface area contributed by atoms with Crippen LogP contribution >= 0.6 is 0 Å². The summed E-state index contributed by atoms with van der Waals surface area (Å²) in [6, 6.07) is 6.81. The lowest BCUT2D eigenvalue weighted by molar-refractivity contribution is 0.0335. The lowest BCUT2D eigenvalue weighted by Crippen LogP contribution is -2.42. The molecule has 21 heavy (non-hydrogen) atoms. The van der Waals surface area contributed by atoms with Crippen LogP contribution in [0.1, 0.15) is 37.8 Å². The molecule has 0 saturated carbocycles. The Labute approximate surface area is 127 Å². The number of nitrogens with zero attached hydrogens (tertiary/aromatic N) is 1. The molecule has 3 nitrogen and oxygen atoms in total. The molecule has 0 bridgehead atoms. The average molecular weight is 294 g/mol. The summed E-state index contributed by atoms with van der Waals surface area (Å²) in [5.41, 5.74) is 6.98. The van der Waals surface area contributed by atoms with Gasteiger partial charge < -0.3 is 10.5 Å². The van der Waals surface area contributed by atoms with Crippen molar-refractivity contribution in [2.24, 2.45) is 11.7 Å². The molecule has 3 unspecified atom stereocenters. The number of hydrogen-bond acceptors (Lipinski definition) is 3. The third-order valence-electron chi connectivity index (χ3n) is 4.38. The number of rotatable bonds is 6. The molecule has 118 valence electrons. The van der Waals surface area contributed by atoms with Gasteiger partial charge in [-0.05, 0) is 38.3 Å². The van der Waals surface area contributed by atoms with Crippen LogP contribution in [0.5, 0.6) is 0 Å². The Morgan fingerprint density at radius 1 is 1.43 bits per heavy atom. The lowest BCUT2D eigenvalue weighted by Gasteiger charge is -2.36. The summed E-state index contributed by atoms with van der Waals surface area (Å²) in [6.45, 7) is 4.61. The van der Waals surface area contributed by atoms with Crippen molar-refractivity contribution in [3.8, 4) is 0 Å². The first-order chi connectivity index (χ1) is 10.1. The van der Waals surface area contributed by atoms with Crippen molar-refractivity contribution in [2.75, 3.05) is 26.8 Å². The number of likely N-dealkylation sites (N-methyl/N-ethyl adjacent to an activating group) is 1. The van der Waals surface area contributed by atoms with Crippen LogP contribution in [0.15, 0.2) is 24.3 Å². The maximum absolute atomic E-state index is 14.2. The molecule has 4 heteroatoms. The van der Waals surface area contributed by atoms with Gasteiger partial charge in [-0.2, -0.15) is 0 Å². The molecule has 0 aliphatic carbocycles. The van der Waals surface area contributed by atoms with Crippen molar-refractivity contribution < 1.29 is 9.13 Å². The number of benzene rings is 1. The lowest BCUT2D eigenvalue weighted by atomic mass is 9.94. The minimum absolute atomic E-state index is 0.0728. The van der Waals surface area contributed by atoms with E-state index in [1.54, 1.807) is 6.07 Å². The van der Waals surface area contributed by atoms with Crippen molar-refractivity contribution >= 4 is 0 Å². The second-order valence-electron chi connectivity index (χ2n) is 6.06. The first-order valence-electron chi connectivity index (χ1n) is 7.91. The van der Waals surface area contributed by atoms with Crippen molar-refractivity contribution in [3.63, 3.8) is 0 Å². The van der Waals surface area contributed by atoms with E-state index in [0.29, 0.717) is 11.5 Å². The van der Waals surface area contributed by atoms with Gasteiger partial charge in [-0.1, -0.05) is 25.1 Å². The fourth-order valence-corrected chi connectivity index (χ4v) is 3.21. The number of halogens is 1. The van der Waals surface area contributed by atoms with E-state index in [-0.39, 0.29) is 17.9 Å². The van der Waals surface area contributed by atoms with Gasteiger partial charge in [-0.15, -0.1) is 0 Å². The van der Waals surface area contributed by atoms with Crippen LogP contribution in [0.25, 0.3) is 0 Å². The normalized spacial score (nSPS) is 22.2. The summed E-state index contributed by atoms with van der Waals surface area (Å²) in [5, 5.41) is 0. The number of ether oxygens (including phenoxy) is 1. The summed E-state index contributed by atoms with van der Waals surface area (Å²) >= 11 is 0. The Bertz CT molecular complexity index is 435. The van der Waals surface area contributed by atoms with Crippen molar-refractivity contribution in [1.29, 1.82) is 0 Å². The number of hydrogen-bond donors (Lipinski definition) is 1. The topological polar surface area (TPSA) is 38.5 Å². The molecule has 1 saturated heterocycles. The van der Waals surface area contributed by atoms with Gasteiger partial charge in [-0.3, -0.25) is 4.90 Å². The molecule has 1 aliphatic heterocycles. The Kier molecular flexibility index (Phi) is 6.15. The summed E-state index contributed by atoms with van der Waals surface area (Å²) < 4.78 is 19.7. The molecule has 3 atom stereocenters. The molecule has 1 aromatic rings. The van der Waals surface area contributed by atoms with E-state index in [1.807, 2.05) is 19.2 Å². The van der Waals surface area contributed by atoms with Gasteiger partial charge in [0.1, 0.15) is 5.82 Å². The predicted octanol–water partition coefficient (Wildman–Crippen LogP) is 2.96. The monoisotopic (exact) mass is 294 g/mol. The second-order valence-corrected chi connectivity index (χ2v) is 6.06. The van der Waals surface area contributed by atoms with Crippen molar-refractivity contribution in [2.45, 2.75) is 38.3 Å². The molecule has 2 N–H and O–H groups in total. The van der Waals surface area contributed by atoms with Crippen LogP contribution in [0, 0.1) is 11.7 Å². The zero-order valence-corrected chi connectivity index (χ0v) is 13.1. The van der Waals surface area contributed by atoms with Crippen LogP contribution in [-0.4, -0.2) is 37.7 Å². The van der Waals surface area contributed by atoms with Gasteiger partial charge in [0.25, 0.3) is 0 Å². The highest BCUT2D eigenvalue weighted by Gasteiger charge is 2.27. The first-order valence-corrected chi connectivity index (χ1v) is 7.91. The van der Waals surface area contributed by atoms with Crippen molar-refractivity contribution in [1.82, 2.24) is 4.90 Å². The summed E-state index contributed by atoms with van der Waals surface area (Å²) in [6.07, 6.45) is 3.11. The van der Waals surface area contributed by atoms with Gasteiger partial charge in [0.2, 0.25) is 0 Å². The van der Waals surface area contributed by atoms with Crippen LogP contribution in [-0.2, 0) is 4.74 Å². The van der Waals surface area contributed by atoms with E-state index in [9.17, 15) is 4.39 Å². The molecule has 2 rings (SSSR count). The van der Waals surface area contributed by atoms with Gasteiger partial charge in [0.05, 0.1) is 12.6 Å². The molecular weight excluding hydrogens is 267 g/mol. The molecule has 1 aromatic carbocycles. The summed E-state index contributed by atoms with van der Waals surface area (Å²) in [4.78, 5) is 2.20. The summed E-state index contributed by atoms with van der Waals surface area (Å²) in [5.74, 6) is 0.347. The fraction of sp³-hybridized carbons (Fsp3) is 0.647. The van der Waals surface area contributed by atoms with E-state index in [4.69, 9.17) is 10.5 Å². The first kappa shape index (κ1) is 16.4. The van der Waals surface area contributed by atoms with E-state index in [0.717, 1.165) is 32.6 Å². The second kappa shape index (κ2) is 7.87. The van der Waals surface area contributed by atoms with E-state index in [2.05, 4.69) is 11.8 Å². The zero-order valence-electron chi connectivity index (χ0n) is 13.1. The Hall–Kier alpha value is -0.970. The molecule has 0 amide bonds. The Morgan fingerprint density at radius 2 is 2.19 bits per heavy atom. The third kappa shape index (κ3) is 4.25. The van der Waals surface area contributed by atoms with Crippen LogP contribution in [0.3, 0.4) is 0 Å². The summed E-state index contributed by atoms with van der Waals surface area (Å²) in [7, 11) is 2.04. The standard InChI is InChI=1S/C17H27FN2O/c1-3-16(19)17(14-8-4-5-9-15(14)18)20(2)11-13-7-6-10-21-12-13/h4-5,8-9,13,16-17H,3,6-7,10-12,19H2,1-2H3. The quantitative estimate of drug-likeness (QED) is 0.876. The molecule has 1 aliphatic rings. The van der Waals surface area contributed by atoms with Crippen LogP contribution in [0.2, 0.25) is 0 Å². The number of nitrogens with two attached hydrogens (primary N) is 1. The average Bonchev–Trinajstić information content (AvgIpc) is 2.50. The Balaban J connectivity index is 2.13. The molecular formula is C17H27FN2O. The minimum Gasteiger partial charge on any atom is -0.381 e. The van der Waals surface area contributed by atoms with Crippen LogP contribution < -0.4 is 5.73 Å². The van der Waals surface area contributed by atoms with Gasteiger partial charge >= 0.3 is 0 Å². The van der Waals surface area contributed by atoms with E-state index in [1.165, 1.54) is 12.5 Å². The molecule has 1 heterocycles. The highest BCUT2D eigenvalue weighted by atomic mass is 19.1. The highest BCUT2D eigenvalue weighted by molar-refractivity contribution is 5.22. The maximum atomic E-state index is 14.2. The van der Waals surface area contributed by atoms with Crippen LogP contribution in [0.4, 0.5) is 4.39 Å². The third-order valence-corrected chi connectivity index (χ3v) is 4.38. The minimum atomic E-state index is -0.168. The molecule has 0 radical (unpaired) electrons. The molecule has 0 aromatic heterocycles. The highest BCUT2D eigenvalue weighted by Crippen LogP contribution is 2.28. The molecule has 1 fully saturated rings. The van der Waals surface area contributed by atoms with E-state index < -0.39 is 0 Å². The SMILES string of the molecule is CCC(N)C(c1ccccc1F)N(C)CC1CCCOC1. The fourth-order valence-electron chi connectivity index (χ4n) is 3.21. The van der Waals surface area contributed by atoms with Crippen molar-refractivity contribution in [3.05, 3.63) is 35.6 Å². The zero-order chi connectivity index (χ0) is 15.2. The van der Waals surface area contributed by atoms with Gasteiger partial charge in [0, 0.05) is 24.8 Å². The van der Waals surface area contributed by atoms with Gasteiger partial charge in [-0.25, -0.2) is 4.39 Å².